The van der Waals surface area contributed by atoms with Crippen LogP contribution >= 0.6 is 0 Å². The van der Waals surface area contributed by atoms with E-state index < -0.39 is 0 Å². The summed E-state index contributed by atoms with van der Waals surface area (Å²) in [6.07, 6.45) is 0.553. The van der Waals surface area contributed by atoms with Crippen molar-refractivity contribution in [1.82, 2.24) is 19.5 Å². The van der Waals surface area contributed by atoms with Gasteiger partial charge in [0.05, 0.1) is 5.69 Å². The molecule has 0 aliphatic heterocycles. The van der Waals surface area contributed by atoms with Crippen molar-refractivity contribution in [3.63, 3.8) is 0 Å². The van der Waals surface area contributed by atoms with Crippen LogP contribution in [0.15, 0.2) is 30.3 Å². The van der Waals surface area contributed by atoms with E-state index in [4.69, 9.17) is 0 Å². The molecule has 0 spiro atoms. The summed E-state index contributed by atoms with van der Waals surface area (Å²) >= 11 is 0. The lowest BCUT2D eigenvalue weighted by Crippen LogP contribution is -2.22. The minimum absolute atomic E-state index is 0.0299. The van der Waals surface area contributed by atoms with E-state index in [0.717, 1.165) is 5.56 Å². The Kier molecular flexibility index (Phi) is 3.97. The standard InChI is InChI=1S/C18H20N4O2/c1-11-14(10-13-8-6-5-7-9-13)17(23)22-16(19-11)15(12(2)20-22)18(24)21(3)4/h5-9,23H,10H2,1-4H3. The minimum atomic E-state index is -0.176. The van der Waals surface area contributed by atoms with Crippen molar-refractivity contribution < 1.29 is 9.90 Å². The number of hydrogen-bond donors (Lipinski definition) is 1. The molecule has 0 atom stereocenters. The number of aromatic nitrogens is 3. The van der Waals surface area contributed by atoms with Crippen molar-refractivity contribution in [2.45, 2.75) is 20.3 Å². The third-order valence-electron chi connectivity index (χ3n) is 4.06. The molecule has 2 aromatic heterocycles. The molecular formula is C18H20N4O2. The number of carbonyl (C=O) groups is 1. The van der Waals surface area contributed by atoms with Crippen LogP contribution in [0.2, 0.25) is 0 Å². The molecule has 1 aromatic carbocycles. The van der Waals surface area contributed by atoms with E-state index in [9.17, 15) is 9.90 Å². The van der Waals surface area contributed by atoms with Gasteiger partial charge in [-0.2, -0.15) is 9.61 Å². The highest BCUT2D eigenvalue weighted by atomic mass is 16.3. The first-order chi connectivity index (χ1) is 11.4. The predicted molar refractivity (Wildman–Crippen MR) is 91.4 cm³/mol. The van der Waals surface area contributed by atoms with Crippen molar-refractivity contribution >= 4 is 11.6 Å². The minimum Gasteiger partial charge on any atom is -0.493 e. The van der Waals surface area contributed by atoms with Crippen molar-refractivity contribution in [3.8, 4) is 5.88 Å². The second kappa shape index (κ2) is 5.96. The van der Waals surface area contributed by atoms with E-state index in [-0.39, 0.29) is 11.8 Å². The van der Waals surface area contributed by atoms with Crippen molar-refractivity contribution in [2.75, 3.05) is 14.1 Å². The smallest absolute Gasteiger partial charge is 0.259 e. The quantitative estimate of drug-likeness (QED) is 0.803. The Morgan fingerprint density at radius 1 is 1.17 bits per heavy atom. The van der Waals surface area contributed by atoms with E-state index in [1.54, 1.807) is 21.0 Å². The molecule has 124 valence electrons. The van der Waals surface area contributed by atoms with Gasteiger partial charge in [0.1, 0.15) is 5.56 Å². The summed E-state index contributed by atoms with van der Waals surface area (Å²) in [4.78, 5) is 18.4. The van der Waals surface area contributed by atoms with Crippen molar-refractivity contribution in [3.05, 3.63) is 58.4 Å². The number of rotatable bonds is 3. The number of hydrogen-bond acceptors (Lipinski definition) is 4. The SMILES string of the molecule is Cc1nc2c(C(=O)N(C)C)c(C)nn2c(O)c1Cc1ccccc1. The maximum atomic E-state index is 12.4. The van der Waals surface area contributed by atoms with Crippen molar-refractivity contribution in [1.29, 1.82) is 0 Å². The summed E-state index contributed by atoms with van der Waals surface area (Å²) in [5, 5.41) is 15.0. The normalized spacial score (nSPS) is 11.0. The van der Waals surface area contributed by atoms with Gasteiger partial charge in [-0.05, 0) is 19.4 Å². The summed E-state index contributed by atoms with van der Waals surface area (Å²) in [7, 11) is 3.36. The van der Waals surface area contributed by atoms with E-state index >= 15 is 0 Å². The third-order valence-corrected chi connectivity index (χ3v) is 4.06. The second-order valence-electron chi connectivity index (χ2n) is 6.06. The van der Waals surface area contributed by atoms with Gasteiger partial charge < -0.3 is 10.0 Å². The van der Waals surface area contributed by atoms with Crippen LogP contribution in [0.5, 0.6) is 5.88 Å². The zero-order valence-electron chi connectivity index (χ0n) is 14.2. The zero-order valence-corrected chi connectivity index (χ0v) is 14.2. The molecule has 0 saturated carbocycles. The van der Waals surface area contributed by atoms with Crippen LogP contribution in [0.4, 0.5) is 0 Å². The van der Waals surface area contributed by atoms with Crippen LogP contribution < -0.4 is 0 Å². The van der Waals surface area contributed by atoms with Gasteiger partial charge in [0.2, 0.25) is 5.88 Å². The molecule has 3 aromatic rings. The largest absolute Gasteiger partial charge is 0.493 e. The number of aromatic hydroxyl groups is 1. The lowest BCUT2D eigenvalue weighted by molar-refractivity contribution is 0.0828. The average molecular weight is 324 g/mol. The Bertz CT molecular complexity index is 914. The molecule has 3 rings (SSSR count). The second-order valence-corrected chi connectivity index (χ2v) is 6.06. The summed E-state index contributed by atoms with van der Waals surface area (Å²) in [6.45, 7) is 3.58. The number of amides is 1. The topological polar surface area (TPSA) is 70.7 Å². The van der Waals surface area contributed by atoms with Gasteiger partial charge in [-0.25, -0.2) is 4.98 Å². The maximum Gasteiger partial charge on any atom is 0.259 e. The monoisotopic (exact) mass is 324 g/mol. The first kappa shape index (κ1) is 16.0. The number of benzene rings is 1. The Hall–Kier alpha value is -2.89. The molecule has 0 fully saturated rings. The molecule has 0 bridgehead atoms. The zero-order chi connectivity index (χ0) is 17.4. The van der Waals surface area contributed by atoms with Gasteiger partial charge in [0.25, 0.3) is 5.91 Å². The molecule has 0 saturated heterocycles. The Morgan fingerprint density at radius 2 is 1.83 bits per heavy atom. The Labute approximate surface area is 140 Å². The van der Waals surface area contributed by atoms with Crippen LogP contribution in [-0.2, 0) is 6.42 Å². The molecule has 0 aliphatic rings. The van der Waals surface area contributed by atoms with Crippen LogP contribution in [0, 0.1) is 13.8 Å². The molecule has 1 amide bonds. The number of carbonyl (C=O) groups excluding carboxylic acids is 1. The predicted octanol–water partition coefficient (Wildman–Crippen LogP) is 2.34. The highest BCUT2D eigenvalue weighted by Crippen LogP contribution is 2.27. The van der Waals surface area contributed by atoms with Gasteiger partial charge in [-0.1, -0.05) is 30.3 Å². The van der Waals surface area contributed by atoms with Crippen LogP contribution in [0.25, 0.3) is 5.65 Å². The third kappa shape index (κ3) is 2.60. The molecule has 1 N–H and O–H groups in total. The summed E-state index contributed by atoms with van der Waals surface area (Å²) in [6, 6.07) is 9.86. The Balaban J connectivity index is 2.17. The van der Waals surface area contributed by atoms with Crippen molar-refractivity contribution in [2.24, 2.45) is 0 Å². The molecule has 6 heteroatoms. The van der Waals surface area contributed by atoms with Gasteiger partial charge in [-0.15, -0.1) is 0 Å². The number of nitrogens with zero attached hydrogens (tertiary/aromatic N) is 4. The highest BCUT2D eigenvalue weighted by Gasteiger charge is 2.23. The fourth-order valence-electron chi connectivity index (χ4n) is 2.76. The average Bonchev–Trinajstić information content (AvgIpc) is 2.88. The molecule has 0 radical (unpaired) electrons. The van der Waals surface area contributed by atoms with E-state index in [1.807, 2.05) is 37.3 Å². The van der Waals surface area contributed by atoms with Crippen LogP contribution in [0.1, 0.15) is 32.9 Å². The lowest BCUT2D eigenvalue weighted by atomic mass is 10.0. The number of aryl methyl sites for hydroxylation is 2. The highest BCUT2D eigenvalue weighted by molar-refractivity contribution is 6.00. The molecule has 24 heavy (non-hydrogen) atoms. The first-order valence-corrected chi connectivity index (χ1v) is 7.73. The van der Waals surface area contributed by atoms with Gasteiger partial charge in [-0.3, -0.25) is 4.79 Å². The van der Waals surface area contributed by atoms with Gasteiger partial charge >= 0.3 is 0 Å². The molecule has 0 unspecified atom stereocenters. The maximum absolute atomic E-state index is 12.4. The molecular weight excluding hydrogens is 304 g/mol. The summed E-state index contributed by atoms with van der Waals surface area (Å²) in [5.41, 5.74) is 3.83. The van der Waals surface area contributed by atoms with Gasteiger partial charge in [0, 0.05) is 31.8 Å². The first-order valence-electron chi connectivity index (χ1n) is 7.73. The number of fused-ring (bicyclic) bond motifs is 1. The van der Waals surface area contributed by atoms with E-state index in [2.05, 4.69) is 10.1 Å². The lowest BCUT2D eigenvalue weighted by Gasteiger charge is -2.11. The summed E-state index contributed by atoms with van der Waals surface area (Å²) < 4.78 is 1.36. The molecule has 0 aliphatic carbocycles. The molecule has 2 heterocycles. The molecule has 6 nitrogen and oxygen atoms in total. The van der Waals surface area contributed by atoms with Crippen LogP contribution in [0.3, 0.4) is 0 Å². The van der Waals surface area contributed by atoms with Crippen LogP contribution in [-0.4, -0.2) is 44.6 Å². The fourth-order valence-corrected chi connectivity index (χ4v) is 2.76. The summed E-state index contributed by atoms with van der Waals surface area (Å²) in [5.74, 6) is -0.146. The Morgan fingerprint density at radius 3 is 2.46 bits per heavy atom. The van der Waals surface area contributed by atoms with E-state index in [0.29, 0.717) is 34.6 Å². The van der Waals surface area contributed by atoms with Gasteiger partial charge in [0.15, 0.2) is 5.65 Å². The fraction of sp³-hybridized carbons (Fsp3) is 0.278. The van der Waals surface area contributed by atoms with E-state index in [1.165, 1.54) is 9.42 Å².